The van der Waals surface area contributed by atoms with Gasteiger partial charge in [0.05, 0.1) is 0 Å². The van der Waals surface area contributed by atoms with Crippen LogP contribution >= 0.6 is 11.8 Å². The number of para-hydroxylation sites is 1. The van der Waals surface area contributed by atoms with Crippen molar-refractivity contribution in [3.05, 3.63) is 30.3 Å². The average molecular weight is 362 g/mol. The highest BCUT2D eigenvalue weighted by Crippen LogP contribution is 2.34. The molecule has 7 heteroatoms. The SMILES string of the molecule is CCN1C(=O)[C@@H](CNc2ccccc2)SC1[C@H](N)C(=O)N1CCCC1. The maximum Gasteiger partial charge on any atom is 0.242 e. The van der Waals surface area contributed by atoms with Gasteiger partial charge in [0.1, 0.15) is 16.7 Å². The number of amides is 2. The summed E-state index contributed by atoms with van der Waals surface area (Å²) in [7, 11) is 0. The van der Waals surface area contributed by atoms with Gasteiger partial charge in [0.2, 0.25) is 11.8 Å². The largest absolute Gasteiger partial charge is 0.383 e. The molecule has 3 rings (SSSR count). The number of carbonyl (C=O) groups excluding carboxylic acids is 2. The summed E-state index contributed by atoms with van der Waals surface area (Å²) in [5.74, 6) is 0.0310. The summed E-state index contributed by atoms with van der Waals surface area (Å²) < 4.78 is 0. The van der Waals surface area contributed by atoms with E-state index >= 15 is 0 Å². The second kappa shape index (κ2) is 8.10. The molecule has 1 aromatic rings. The molecule has 2 amide bonds. The van der Waals surface area contributed by atoms with E-state index in [1.807, 2.05) is 42.2 Å². The third-order valence-electron chi connectivity index (χ3n) is 4.79. The first-order chi connectivity index (χ1) is 12.1. The quantitative estimate of drug-likeness (QED) is 0.798. The normalized spacial score (nSPS) is 24.6. The number of likely N-dealkylation sites (tertiary alicyclic amines) is 1. The van der Waals surface area contributed by atoms with E-state index in [0.717, 1.165) is 31.6 Å². The summed E-state index contributed by atoms with van der Waals surface area (Å²) in [4.78, 5) is 28.9. The van der Waals surface area contributed by atoms with Crippen LogP contribution in [-0.2, 0) is 9.59 Å². The summed E-state index contributed by atoms with van der Waals surface area (Å²) in [5.41, 5.74) is 7.26. The molecule has 0 aromatic heterocycles. The van der Waals surface area contributed by atoms with E-state index in [-0.39, 0.29) is 22.4 Å². The van der Waals surface area contributed by atoms with Gasteiger partial charge in [0.15, 0.2) is 0 Å². The van der Waals surface area contributed by atoms with E-state index in [4.69, 9.17) is 5.73 Å². The minimum Gasteiger partial charge on any atom is -0.383 e. The van der Waals surface area contributed by atoms with E-state index in [1.165, 1.54) is 11.8 Å². The van der Waals surface area contributed by atoms with Crippen molar-refractivity contribution < 1.29 is 9.59 Å². The van der Waals surface area contributed by atoms with Crippen LogP contribution in [0.15, 0.2) is 30.3 Å². The lowest BCUT2D eigenvalue weighted by atomic mass is 10.2. The molecule has 1 aromatic carbocycles. The number of thioether (sulfide) groups is 1. The molecule has 2 aliphatic heterocycles. The van der Waals surface area contributed by atoms with Gasteiger partial charge < -0.3 is 20.9 Å². The Labute approximate surface area is 153 Å². The van der Waals surface area contributed by atoms with Crippen molar-refractivity contribution in [1.82, 2.24) is 9.80 Å². The van der Waals surface area contributed by atoms with Crippen LogP contribution in [0.2, 0.25) is 0 Å². The molecule has 0 radical (unpaired) electrons. The highest BCUT2D eigenvalue weighted by atomic mass is 32.2. The number of nitrogens with one attached hydrogen (secondary N) is 1. The van der Waals surface area contributed by atoms with Crippen molar-refractivity contribution in [3.63, 3.8) is 0 Å². The number of hydrogen-bond donors (Lipinski definition) is 2. The molecular weight excluding hydrogens is 336 g/mol. The molecule has 0 spiro atoms. The third-order valence-corrected chi connectivity index (χ3v) is 6.31. The van der Waals surface area contributed by atoms with Crippen LogP contribution in [0.5, 0.6) is 0 Å². The summed E-state index contributed by atoms with van der Waals surface area (Å²) in [6.07, 6.45) is 2.08. The van der Waals surface area contributed by atoms with Crippen molar-refractivity contribution in [2.75, 3.05) is 31.5 Å². The number of anilines is 1. The smallest absolute Gasteiger partial charge is 0.242 e. The molecule has 0 saturated carbocycles. The molecule has 136 valence electrons. The standard InChI is InChI=1S/C18H26N4O2S/c1-2-22-16(23)14(12-20-13-8-4-3-5-9-13)25-18(22)15(19)17(24)21-10-6-7-11-21/h3-5,8-9,14-15,18,20H,2,6-7,10-12,19H2,1H3/t14-,15-,18?/m1/s1. The molecule has 3 N–H and O–H groups in total. The van der Waals surface area contributed by atoms with Crippen molar-refractivity contribution in [1.29, 1.82) is 0 Å². The first-order valence-corrected chi connectivity index (χ1v) is 9.85. The highest BCUT2D eigenvalue weighted by Gasteiger charge is 2.45. The first-order valence-electron chi connectivity index (χ1n) is 8.91. The van der Waals surface area contributed by atoms with E-state index < -0.39 is 6.04 Å². The molecule has 0 bridgehead atoms. The highest BCUT2D eigenvalue weighted by molar-refractivity contribution is 8.01. The zero-order chi connectivity index (χ0) is 17.8. The Morgan fingerprint density at radius 2 is 2.00 bits per heavy atom. The fourth-order valence-electron chi connectivity index (χ4n) is 3.40. The molecule has 3 atom stereocenters. The van der Waals surface area contributed by atoms with Crippen molar-refractivity contribution >= 4 is 29.3 Å². The monoisotopic (exact) mass is 362 g/mol. The van der Waals surface area contributed by atoms with Gasteiger partial charge in [-0.05, 0) is 31.9 Å². The number of likely N-dealkylation sites (N-methyl/N-ethyl adjacent to an activating group) is 1. The van der Waals surface area contributed by atoms with Crippen LogP contribution in [0.1, 0.15) is 19.8 Å². The van der Waals surface area contributed by atoms with Crippen LogP contribution in [0.4, 0.5) is 5.69 Å². The van der Waals surface area contributed by atoms with E-state index in [0.29, 0.717) is 13.1 Å². The lowest BCUT2D eigenvalue weighted by molar-refractivity contribution is -0.134. The predicted octanol–water partition coefficient (Wildman–Crippen LogP) is 1.34. The second-order valence-corrected chi connectivity index (χ2v) is 7.77. The van der Waals surface area contributed by atoms with Gasteiger partial charge in [0, 0.05) is 31.9 Å². The number of nitrogens with two attached hydrogens (primary N) is 1. The molecule has 2 heterocycles. The van der Waals surface area contributed by atoms with E-state index in [2.05, 4.69) is 5.32 Å². The fraction of sp³-hybridized carbons (Fsp3) is 0.556. The summed E-state index contributed by atoms with van der Waals surface area (Å²) in [6.45, 7) is 4.60. The Bertz CT molecular complexity index is 606. The lowest BCUT2D eigenvalue weighted by Gasteiger charge is -2.29. The summed E-state index contributed by atoms with van der Waals surface area (Å²) in [6, 6.07) is 9.16. The number of rotatable bonds is 6. The molecule has 0 aliphatic carbocycles. The molecule has 1 unspecified atom stereocenters. The summed E-state index contributed by atoms with van der Waals surface area (Å²) >= 11 is 1.51. The van der Waals surface area contributed by atoms with Crippen molar-refractivity contribution in [2.24, 2.45) is 5.73 Å². The molecule has 2 fully saturated rings. The van der Waals surface area contributed by atoms with Gasteiger partial charge in [0.25, 0.3) is 0 Å². The van der Waals surface area contributed by atoms with Crippen LogP contribution < -0.4 is 11.1 Å². The minimum absolute atomic E-state index is 0.0297. The summed E-state index contributed by atoms with van der Waals surface area (Å²) in [5, 5.41) is 2.80. The number of hydrogen-bond acceptors (Lipinski definition) is 5. The Morgan fingerprint density at radius 1 is 1.32 bits per heavy atom. The van der Waals surface area contributed by atoms with Gasteiger partial charge in [-0.1, -0.05) is 18.2 Å². The number of nitrogens with zero attached hydrogens (tertiary/aromatic N) is 2. The van der Waals surface area contributed by atoms with Crippen LogP contribution in [0, 0.1) is 0 Å². The Morgan fingerprint density at radius 3 is 2.64 bits per heavy atom. The van der Waals surface area contributed by atoms with Crippen LogP contribution in [0.3, 0.4) is 0 Å². The van der Waals surface area contributed by atoms with E-state index in [9.17, 15) is 9.59 Å². The Kier molecular flexibility index (Phi) is 5.86. The zero-order valence-corrected chi connectivity index (χ0v) is 15.4. The molecule has 25 heavy (non-hydrogen) atoms. The fourth-order valence-corrected chi connectivity index (χ4v) is 4.85. The maximum absolute atomic E-state index is 12.7. The van der Waals surface area contributed by atoms with Gasteiger partial charge in [-0.3, -0.25) is 9.59 Å². The van der Waals surface area contributed by atoms with Gasteiger partial charge in [-0.15, -0.1) is 11.8 Å². The molecule has 2 aliphatic rings. The topological polar surface area (TPSA) is 78.7 Å². The van der Waals surface area contributed by atoms with Gasteiger partial charge in [-0.2, -0.15) is 0 Å². The zero-order valence-electron chi connectivity index (χ0n) is 14.6. The number of carbonyl (C=O) groups is 2. The Hall–Kier alpha value is -1.73. The molecular formula is C18H26N4O2S. The lowest BCUT2D eigenvalue weighted by Crippen LogP contribution is -2.53. The maximum atomic E-state index is 12.7. The average Bonchev–Trinajstić information content (AvgIpc) is 3.28. The number of benzene rings is 1. The van der Waals surface area contributed by atoms with Crippen LogP contribution in [0.25, 0.3) is 0 Å². The van der Waals surface area contributed by atoms with Crippen molar-refractivity contribution in [3.8, 4) is 0 Å². The molecule has 2 saturated heterocycles. The minimum atomic E-state index is -0.659. The van der Waals surface area contributed by atoms with Gasteiger partial charge >= 0.3 is 0 Å². The van der Waals surface area contributed by atoms with Crippen molar-refractivity contribution in [2.45, 2.75) is 36.4 Å². The first kappa shape index (κ1) is 18.1. The van der Waals surface area contributed by atoms with Gasteiger partial charge in [-0.25, -0.2) is 0 Å². The Balaban J connectivity index is 1.63. The van der Waals surface area contributed by atoms with E-state index in [1.54, 1.807) is 4.90 Å². The molecule has 6 nitrogen and oxygen atoms in total. The third kappa shape index (κ3) is 3.93. The second-order valence-electron chi connectivity index (χ2n) is 6.44. The predicted molar refractivity (Wildman–Crippen MR) is 101 cm³/mol. The van der Waals surface area contributed by atoms with Crippen LogP contribution in [-0.4, -0.2) is 64.5 Å².